The third-order valence-electron chi connectivity index (χ3n) is 4.82. The van der Waals surface area contributed by atoms with Crippen LogP contribution < -0.4 is 20.4 Å². The number of aromatic nitrogens is 3. The van der Waals surface area contributed by atoms with Gasteiger partial charge in [-0.15, -0.1) is 0 Å². The van der Waals surface area contributed by atoms with Crippen molar-refractivity contribution < 1.29 is 9.47 Å². The first-order valence-corrected chi connectivity index (χ1v) is 12.5. The molecule has 11 heteroatoms. The molecule has 172 valence electrons. The summed E-state index contributed by atoms with van der Waals surface area (Å²) in [4.78, 5) is 15.8. The predicted molar refractivity (Wildman–Crippen MR) is 146 cm³/mol. The van der Waals surface area contributed by atoms with Crippen molar-refractivity contribution in [3.8, 4) is 5.75 Å². The van der Waals surface area contributed by atoms with Crippen molar-refractivity contribution in [2.45, 2.75) is 6.54 Å². The Morgan fingerprint density at radius 2 is 1.85 bits per heavy atom. The molecule has 1 aliphatic rings. The van der Waals surface area contributed by atoms with E-state index in [4.69, 9.17) is 9.47 Å². The fourth-order valence-corrected chi connectivity index (χ4v) is 5.34. The van der Waals surface area contributed by atoms with Gasteiger partial charge in [-0.3, -0.25) is 0 Å². The number of rotatable bonds is 8. The maximum absolute atomic E-state index is 5.53. The molecule has 2 N–H and O–H groups in total. The molecule has 1 fully saturated rings. The molecular weight excluding hydrogens is 648 g/mol. The minimum atomic E-state index is 0.359. The predicted octanol–water partition coefficient (Wildman–Crippen LogP) is 3.98. The lowest BCUT2D eigenvalue weighted by Gasteiger charge is -2.27. The molecule has 2 aromatic carbocycles. The highest BCUT2D eigenvalue weighted by molar-refractivity contribution is 14.1. The fourth-order valence-electron chi connectivity index (χ4n) is 3.23. The van der Waals surface area contributed by atoms with Gasteiger partial charge in [-0.05, 0) is 62.9 Å². The third-order valence-corrected chi connectivity index (χ3v) is 6.24. The largest absolute Gasteiger partial charge is 0.495 e. The Bertz CT molecular complexity index is 1110. The summed E-state index contributed by atoms with van der Waals surface area (Å²) in [7, 11) is 1.65. The molecule has 3 aromatic rings. The van der Waals surface area contributed by atoms with E-state index in [1.165, 1.54) is 0 Å². The highest BCUT2D eigenvalue weighted by Gasteiger charge is 2.16. The number of hydrogen-bond donors (Lipinski definition) is 2. The van der Waals surface area contributed by atoms with E-state index in [9.17, 15) is 0 Å². The Hall–Kier alpha value is -2.26. The van der Waals surface area contributed by atoms with E-state index in [2.05, 4.69) is 99.1 Å². The zero-order valence-corrected chi connectivity index (χ0v) is 22.3. The summed E-state index contributed by atoms with van der Waals surface area (Å²) in [6.07, 6.45) is 1.71. The summed E-state index contributed by atoms with van der Waals surface area (Å²) in [5, 5.41) is 7.65. The third kappa shape index (κ3) is 6.63. The number of ether oxygens (including phenoxy) is 2. The second kappa shape index (κ2) is 11.7. The van der Waals surface area contributed by atoms with Gasteiger partial charge in [0, 0.05) is 28.8 Å². The van der Waals surface area contributed by atoms with E-state index >= 15 is 0 Å². The molecule has 0 saturated carbocycles. The molecule has 4 rings (SSSR count). The SMILES string of the molecule is COc1c(I)cc(I)cc1/C=N/Nc1nc(NCc2ccccc2)nc(N2CCOCC2)n1. The topological polar surface area (TPSA) is 96.8 Å². The number of benzene rings is 2. The van der Waals surface area contributed by atoms with Crippen LogP contribution in [-0.2, 0) is 11.3 Å². The Morgan fingerprint density at radius 3 is 2.61 bits per heavy atom. The van der Waals surface area contributed by atoms with Crippen LogP contribution in [0.25, 0.3) is 0 Å². The van der Waals surface area contributed by atoms with Crippen LogP contribution in [0.4, 0.5) is 17.8 Å². The van der Waals surface area contributed by atoms with E-state index in [1.807, 2.05) is 24.3 Å². The van der Waals surface area contributed by atoms with Gasteiger partial charge in [-0.2, -0.15) is 20.1 Å². The number of methoxy groups -OCH3 is 1. The van der Waals surface area contributed by atoms with Crippen molar-refractivity contribution in [1.82, 2.24) is 15.0 Å². The van der Waals surface area contributed by atoms with Crippen LogP contribution in [-0.4, -0.2) is 54.6 Å². The van der Waals surface area contributed by atoms with E-state index in [0.29, 0.717) is 37.6 Å². The van der Waals surface area contributed by atoms with Crippen LogP contribution in [0.5, 0.6) is 5.75 Å². The van der Waals surface area contributed by atoms with Crippen molar-refractivity contribution in [2.24, 2.45) is 5.10 Å². The van der Waals surface area contributed by atoms with E-state index in [-0.39, 0.29) is 0 Å². The molecule has 0 aliphatic carbocycles. The van der Waals surface area contributed by atoms with E-state index in [1.54, 1.807) is 13.3 Å². The van der Waals surface area contributed by atoms with Crippen LogP contribution in [0.1, 0.15) is 11.1 Å². The van der Waals surface area contributed by atoms with Crippen molar-refractivity contribution in [3.05, 3.63) is 60.7 Å². The Balaban J connectivity index is 1.55. The number of nitrogens with zero attached hydrogens (tertiary/aromatic N) is 5. The molecule has 0 radical (unpaired) electrons. The molecule has 0 unspecified atom stereocenters. The minimum Gasteiger partial charge on any atom is -0.495 e. The van der Waals surface area contributed by atoms with Gasteiger partial charge in [-0.1, -0.05) is 30.3 Å². The first kappa shape index (κ1) is 23.9. The summed E-state index contributed by atoms with van der Waals surface area (Å²) in [6, 6.07) is 14.2. The van der Waals surface area contributed by atoms with Crippen LogP contribution in [0.15, 0.2) is 47.6 Å². The average Bonchev–Trinajstić information content (AvgIpc) is 2.84. The molecule has 0 atom stereocenters. The van der Waals surface area contributed by atoms with Crippen molar-refractivity contribution in [3.63, 3.8) is 0 Å². The molecule has 9 nitrogen and oxygen atoms in total. The molecule has 0 bridgehead atoms. The van der Waals surface area contributed by atoms with E-state index < -0.39 is 0 Å². The average molecular weight is 671 g/mol. The van der Waals surface area contributed by atoms with Crippen molar-refractivity contribution in [1.29, 1.82) is 0 Å². The van der Waals surface area contributed by atoms with Crippen LogP contribution >= 0.6 is 45.2 Å². The summed E-state index contributed by atoms with van der Waals surface area (Å²) in [5.74, 6) is 2.20. The summed E-state index contributed by atoms with van der Waals surface area (Å²) >= 11 is 4.53. The summed E-state index contributed by atoms with van der Waals surface area (Å²) in [6.45, 7) is 3.34. The lowest BCUT2D eigenvalue weighted by molar-refractivity contribution is 0.122. The monoisotopic (exact) mass is 671 g/mol. The second-order valence-corrected chi connectivity index (χ2v) is 9.51. The smallest absolute Gasteiger partial charge is 0.250 e. The standard InChI is InChI=1S/C22H23I2N7O2/c1-32-19-16(11-17(23)12-18(19)24)14-26-30-21-27-20(25-13-15-5-3-2-4-6-15)28-22(29-21)31-7-9-33-10-8-31/h2-6,11-12,14H,7-10,13H2,1H3,(H2,25,27,28,29,30)/b26-14+. The van der Waals surface area contributed by atoms with Gasteiger partial charge in [0.15, 0.2) is 0 Å². The van der Waals surface area contributed by atoms with Gasteiger partial charge in [0.05, 0.1) is 30.1 Å². The highest BCUT2D eigenvalue weighted by atomic mass is 127. The minimum absolute atomic E-state index is 0.359. The lowest BCUT2D eigenvalue weighted by atomic mass is 10.2. The Morgan fingerprint density at radius 1 is 1.09 bits per heavy atom. The molecular formula is C22H23I2N7O2. The molecule has 1 aromatic heterocycles. The van der Waals surface area contributed by atoms with Gasteiger partial charge < -0.3 is 19.7 Å². The number of hydrazone groups is 1. The number of hydrogen-bond acceptors (Lipinski definition) is 9. The maximum Gasteiger partial charge on any atom is 0.250 e. The van der Waals surface area contributed by atoms with Crippen LogP contribution in [0.3, 0.4) is 0 Å². The normalized spacial score (nSPS) is 13.8. The van der Waals surface area contributed by atoms with E-state index in [0.717, 1.165) is 37.1 Å². The number of morpholine rings is 1. The first-order chi connectivity index (χ1) is 16.1. The molecule has 1 saturated heterocycles. The van der Waals surface area contributed by atoms with Gasteiger partial charge in [0.25, 0.3) is 0 Å². The lowest BCUT2D eigenvalue weighted by Crippen LogP contribution is -2.37. The Kier molecular flexibility index (Phi) is 8.50. The number of anilines is 3. The van der Waals surface area contributed by atoms with Crippen LogP contribution in [0.2, 0.25) is 0 Å². The zero-order valence-electron chi connectivity index (χ0n) is 18.0. The number of halogens is 2. The molecule has 33 heavy (non-hydrogen) atoms. The van der Waals surface area contributed by atoms with Crippen molar-refractivity contribution >= 4 is 69.2 Å². The molecule has 1 aliphatic heterocycles. The molecule has 2 heterocycles. The first-order valence-electron chi connectivity index (χ1n) is 10.3. The highest BCUT2D eigenvalue weighted by Crippen LogP contribution is 2.27. The molecule has 0 spiro atoms. The zero-order chi connectivity index (χ0) is 23.0. The van der Waals surface area contributed by atoms with Crippen molar-refractivity contribution in [2.75, 3.05) is 49.1 Å². The number of nitrogens with one attached hydrogen (secondary N) is 2. The van der Waals surface area contributed by atoms with Gasteiger partial charge in [0.2, 0.25) is 17.8 Å². The van der Waals surface area contributed by atoms with Gasteiger partial charge >= 0.3 is 0 Å². The van der Waals surface area contributed by atoms with Crippen LogP contribution in [0, 0.1) is 7.14 Å². The fraction of sp³-hybridized carbons (Fsp3) is 0.273. The summed E-state index contributed by atoms with van der Waals surface area (Å²) in [5.41, 5.74) is 4.95. The summed E-state index contributed by atoms with van der Waals surface area (Å²) < 4.78 is 13.1. The van der Waals surface area contributed by atoms with Gasteiger partial charge in [0.1, 0.15) is 5.75 Å². The quantitative estimate of drug-likeness (QED) is 0.211. The Labute approximate surface area is 219 Å². The second-order valence-electron chi connectivity index (χ2n) is 7.10. The molecule has 0 amide bonds. The van der Waals surface area contributed by atoms with Gasteiger partial charge in [-0.25, -0.2) is 5.43 Å². The maximum atomic E-state index is 5.53.